The van der Waals surface area contributed by atoms with Crippen molar-refractivity contribution in [2.24, 2.45) is 5.41 Å². The molecule has 110 valence electrons. The molecule has 0 unspecified atom stereocenters. The van der Waals surface area contributed by atoms with E-state index in [1.165, 1.54) is 0 Å². The standard InChI is InChI=1S/C14H21N3O3/c1-3-5-14(13(19)20)6-8-17(9-11(14)18)12-4-7-15-10(2)16-12/h4,7,11,18H,3,5-6,8-9H2,1-2H3,(H,19,20)/t11-,14-/m0/s1. The molecule has 2 heterocycles. The van der Waals surface area contributed by atoms with E-state index in [1.807, 2.05) is 18.7 Å². The number of carboxylic acids is 1. The monoisotopic (exact) mass is 279 g/mol. The lowest BCUT2D eigenvalue weighted by molar-refractivity contribution is -0.159. The number of nitrogens with zero attached hydrogens (tertiary/aromatic N) is 3. The third kappa shape index (κ3) is 2.60. The summed E-state index contributed by atoms with van der Waals surface area (Å²) in [6.45, 7) is 4.63. The molecule has 20 heavy (non-hydrogen) atoms. The van der Waals surface area contributed by atoms with E-state index in [0.29, 0.717) is 31.8 Å². The van der Waals surface area contributed by atoms with Crippen molar-refractivity contribution in [2.75, 3.05) is 18.0 Å². The van der Waals surface area contributed by atoms with Crippen LogP contribution in [0.5, 0.6) is 0 Å². The summed E-state index contributed by atoms with van der Waals surface area (Å²) >= 11 is 0. The molecule has 0 amide bonds. The van der Waals surface area contributed by atoms with Gasteiger partial charge in [0.15, 0.2) is 0 Å². The number of carboxylic acid groups (broad SMARTS) is 1. The molecule has 0 bridgehead atoms. The summed E-state index contributed by atoms with van der Waals surface area (Å²) < 4.78 is 0. The number of aliphatic carboxylic acids is 1. The number of carbonyl (C=O) groups is 1. The van der Waals surface area contributed by atoms with Crippen molar-refractivity contribution < 1.29 is 15.0 Å². The van der Waals surface area contributed by atoms with Gasteiger partial charge in [0, 0.05) is 19.3 Å². The third-order valence-corrected chi connectivity index (χ3v) is 4.07. The number of hydrogen-bond donors (Lipinski definition) is 2. The van der Waals surface area contributed by atoms with Crippen molar-refractivity contribution in [1.29, 1.82) is 0 Å². The second-order valence-electron chi connectivity index (χ2n) is 5.39. The second-order valence-corrected chi connectivity index (χ2v) is 5.39. The zero-order chi connectivity index (χ0) is 14.8. The molecular formula is C14H21N3O3. The minimum Gasteiger partial charge on any atom is -0.481 e. The highest BCUT2D eigenvalue weighted by atomic mass is 16.4. The molecule has 2 atom stereocenters. The molecule has 0 radical (unpaired) electrons. The van der Waals surface area contributed by atoms with Gasteiger partial charge in [0.2, 0.25) is 0 Å². The quantitative estimate of drug-likeness (QED) is 0.862. The van der Waals surface area contributed by atoms with Gasteiger partial charge in [-0.1, -0.05) is 13.3 Å². The van der Waals surface area contributed by atoms with E-state index in [-0.39, 0.29) is 0 Å². The molecular weight excluding hydrogens is 258 g/mol. The van der Waals surface area contributed by atoms with E-state index >= 15 is 0 Å². The van der Waals surface area contributed by atoms with Crippen LogP contribution in [0.2, 0.25) is 0 Å². The minimum absolute atomic E-state index is 0.294. The van der Waals surface area contributed by atoms with Crippen molar-refractivity contribution in [3.05, 3.63) is 18.1 Å². The predicted molar refractivity (Wildman–Crippen MR) is 74.6 cm³/mol. The minimum atomic E-state index is -1.02. The lowest BCUT2D eigenvalue weighted by Crippen LogP contribution is -2.55. The van der Waals surface area contributed by atoms with Crippen molar-refractivity contribution >= 4 is 11.8 Å². The van der Waals surface area contributed by atoms with Crippen LogP contribution in [0.25, 0.3) is 0 Å². The molecule has 0 aliphatic carbocycles. The van der Waals surface area contributed by atoms with Crippen LogP contribution in [-0.2, 0) is 4.79 Å². The van der Waals surface area contributed by atoms with Gasteiger partial charge >= 0.3 is 5.97 Å². The fourth-order valence-corrected chi connectivity index (χ4v) is 2.90. The number of anilines is 1. The summed E-state index contributed by atoms with van der Waals surface area (Å²) in [5.74, 6) is 0.512. The molecule has 0 spiro atoms. The average molecular weight is 279 g/mol. The number of aryl methyl sites for hydroxylation is 1. The van der Waals surface area contributed by atoms with Crippen LogP contribution in [0.15, 0.2) is 12.3 Å². The Morgan fingerprint density at radius 2 is 2.35 bits per heavy atom. The van der Waals surface area contributed by atoms with Crippen LogP contribution in [0.3, 0.4) is 0 Å². The Hall–Kier alpha value is -1.69. The number of aliphatic hydroxyl groups is 1. The molecule has 1 aliphatic heterocycles. The largest absolute Gasteiger partial charge is 0.481 e. The Morgan fingerprint density at radius 3 is 2.90 bits per heavy atom. The molecule has 1 aromatic heterocycles. The molecule has 0 aromatic carbocycles. The van der Waals surface area contributed by atoms with Gasteiger partial charge in [0.1, 0.15) is 11.6 Å². The molecule has 2 N–H and O–H groups in total. The molecule has 1 aliphatic rings. The van der Waals surface area contributed by atoms with Gasteiger partial charge < -0.3 is 15.1 Å². The summed E-state index contributed by atoms with van der Waals surface area (Å²) in [5, 5.41) is 19.8. The van der Waals surface area contributed by atoms with Gasteiger partial charge in [0.05, 0.1) is 11.5 Å². The van der Waals surface area contributed by atoms with Crippen LogP contribution < -0.4 is 4.90 Å². The number of aromatic nitrogens is 2. The predicted octanol–water partition coefficient (Wildman–Crippen LogP) is 1.23. The number of rotatable bonds is 4. The maximum absolute atomic E-state index is 11.6. The van der Waals surface area contributed by atoms with E-state index in [2.05, 4.69) is 9.97 Å². The number of piperidine rings is 1. The topological polar surface area (TPSA) is 86.5 Å². The first-order valence-electron chi connectivity index (χ1n) is 6.95. The first kappa shape index (κ1) is 14.7. The van der Waals surface area contributed by atoms with Crippen LogP contribution in [0.1, 0.15) is 32.0 Å². The van der Waals surface area contributed by atoms with E-state index in [1.54, 1.807) is 12.3 Å². The van der Waals surface area contributed by atoms with Gasteiger partial charge in [-0.25, -0.2) is 9.97 Å². The van der Waals surface area contributed by atoms with Crippen molar-refractivity contribution in [3.8, 4) is 0 Å². The first-order chi connectivity index (χ1) is 9.49. The maximum Gasteiger partial charge on any atom is 0.312 e. The molecule has 6 heteroatoms. The highest BCUT2D eigenvalue weighted by Gasteiger charge is 2.48. The molecule has 1 aromatic rings. The number of hydrogen-bond acceptors (Lipinski definition) is 5. The van der Waals surface area contributed by atoms with Gasteiger partial charge in [-0.3, -0.25) is 4.79 Å². The normalized spacial score (nSPS) is 26.6. The summed E-state index contributed by atoms with van der Waals surface area (Å²) in [4.78, 5) is 21.9. The zero-order valence-electron chi connectivity index (χ0n) is 11.9. The Labute approximate surface area is 118 Å². The van der Waals surface area contributed by atoms with Crippen molar-refractivity contribution in [2.45, 2.75) is 39.2 Å². The van der Waals surface area contributed by atoms with Crippen LogP contribution in [-0.4, -0.2) is 45.3 Å². The Bertz CT molecular complexity index is 494. The van der Waals surface area contributed by atoms with Crippen molar-refractivity contribution in [1.82, 2.24) is 9.97 Å². The summed E-state index contributed by atoms with van der Waals surface area (Å²) in [5.41, 5.74) is -1.02. The van der Waals surface area contributed by atoms with E-state index < -0.39 is 17.5 Å². The second kappa shape index (κ2) is 5.75. The van der Waals surface area contributed by atoms with E-state index in [9.17, 15) is 15.0 Å². The van der Waals surface area contributed by atoms with E-state index in [0.717, 1.165) is 12.2 Å². The van der Waals surface area contributed by atoms with Crippen LogP contribution in [0, 0.1) is 12.3 Å². The number of aliphatic hydroxyl groups excluding tert-OH is 1. The van der Waals surface area contributed by atoms with E-state index in [4.69, 9.17) is 0 Å². The average Bonchev–Trinajstić information content (AvgIpc) is 2.41. The van der Waals surface area contributed by atoms with Gasteiger partial charge in [0.25, 0.3) is 0 Å². The van der Waals surface area contributed by atoms with Crippen LogP contribution in [0.4, 0.5) is 5.82 Å². The number of β-amino-alcohol motifs (C(OH)–C–C–N with tert-alkyl or cyclic N) is 1. The Kier molecular flexibility index (Phi) is 4.23. The summed E-state index contributed by atoms with van der Waals surface area (Å²) in [6, 6.07) is 1.79. The maximum atomic E-state index is 11.6. The molecule has 0 saturated carbocycles. The van der Waals surface area contributed by atoms with Gasteiger partial charge in [-0.05, 0) is 25.8 Å². The van der Waals surface area contributed by atoms with Gasteiger partial charge in [-0.15, -0.1) is 0 Å². The van der Waals surface area contributed by atoms with Gasteiger partial charge in [-0.2, -0.15) is 0 Å². The lowest BCUT2D eigenvalue weighted by Gasteiger charge is -2.43. The first-order valence-corrected chi connectivity index (χ1v) is 6.95. The smallest absolute Gasteiger partial charge is 0.312 e. The Morgan fingerprint density at radius 1 is 1.60 bits per heavy atom. The third-order valence-electron chi connectivity index (χ3n) is 4.07. The summed E-state index contributed by atoms with van der Waals surface area (Å²) in [7, 11) is 0. The van der Waals surface area contributed by atoms with Crippen molar-refractivity contribution in [3.63, 3.8) is 0 Å². The fraction of sp³-hybridized carbons (Fsp3) is 0.643. The lowest BCUT2D eigenvalue weighted by atomic mass is 9.73. The molecule has 6 nitrogen and oxygen atoms in total. The van der Waals surface area contributed by atoms with Crippen LogP contribution >= 0.6 is 0 Å². The molecule has 1 saturated heterocycles. The molecule has 2 rings (SSSR count). The Balaban J connectivity index is 2.17. The molecule has 1 fully saturated rings. The zero-order valence-corrected chi connectivity index (χ0v) is 11.9. The highest BCUT2D eigenvalue weighted by Crippen LogP contribution is 2.37. The summed E-state index contributed by atoms with van der Waals surface area (Å²) in [6.07, 6.45) is 2.47. The fourth-order valence-electron chi connectivity index (χ4n) is 2.90. The SMILES string of the molecule is CCC[C@]1(C(=O)O)CCN(c2ccnc(C)n2)C[C@@H]1O. The highest BCUT2D eigenvalue weighted by molar-refractivity contribution is 5.76.